The van der Waals surface area contributed by atoms with Crippen LogP contribution in [0.4, 0.5) is 0 Å². The van der Waals surface area contributed by atoms with E-state index in [-0.39, 0.29) is 11.9 Å². The van der Waals surface area contributed by atoms with Crippen LogP contribution in [-0.2, 0) is 17.8 Å². The number of carbonyl (C=O) groups excluding carboxylic acids is 1. The number of benzene rings is 2. The first-order valence-corrected chi connectivity index (χ1v) is 9.36. The smallest absolute Gasteiger partial charge is 0.275 e. The second-order valence-electron chi connectivity index (χ2n) is 7.53. The Bertz CT molecular complexity index is 696. The number of fused-ring (bicyclic) bond motifs is 1. The molecule has 0 saturated heterocycles. The first-order valence-electron chi connectivity index (χ1n) is 9.36. The predicted molar refractivity (Wildman–Crippen MR) is 101 cm³/mol. The first kappa shape index (κ1) is 17.7. The van der Waals surface area contributed by atoms with Crippen LogP contribution < -0.4 is 10.2 Å². The quantitative estimate of drug-likeness (QED) is 0.834. The lowest BCUT2D eigenvalue weighted by Crippen LogP contribution is -3.12. The Morgan fingerprint density at radius 3 is 2.44 bits per heavy atom. The van der Waals surface area contributed by atoms with Crippen molar-refractivity contribution >= 4 is 5.91 Å². The normalized spacial score (nSPS) is 17.8. The molecule has 0 radical (unpaired) electrons. The molecule has 0 fully saturated rings. The van der Waals surface area contributed by atoms with Crippen LogP contribution in [0.15, 0.2) is 54.6 Å². The molecule has 25 heavy (non-hydrogen) atoms. The Hall–Kier alpha value is -2.13. The lowest BCUT2D eigenvalue weighted by atomic mass is 9.97. The molecule has 3 rings (SSSR count). The lowest BCUT2D eigenvalue weighted by molar-refractivity contribution is -0.908. The summed E-state index contributed by atoms with van der Waals surface area (Å²) >= 11 is 0. The van der Waals surface area contributed by atoms with E-state index in [1.165, 1.54) is 21.6 Å². The number of amides is 1. The summed E-state index contributed by atoms with van der Waals surface area (Å²) in [6.45, 7) is 6.94. The Morgan fingerprint density at radius 2 is 1.72 bits per heavy atom. The molecule has 2 N–H and O–H groups in total. The molecule has 0 aromatic heterocycles. The van der Waals surface area contributed by atoms with E-state index in [4.69, 9.17) is 0 Å². The van der Waals surface area contributed by atoms with Gasteiger partial charge in [-0.25, -0.2) is 0 Å². The molecule has 2 aromatic carbocycles. The van der Waals surface area contributed by atoms with E-state index in [0.717, 1.165) is 25.9 Å². The van der Waals surface area contributed by atoms with Gasteiger partial charge in [0.2, 0.25) is 0 Å². The highest BCUT2D eigenvalue weighted by Crippen LogP contribution is 2.20. The molecule has 132 valence electrons. The standard InChI is InChI=1S/C22H28N2O/c1-17(2)14-21(19-9-4-3-5-10-19)23-22(25)16-24-13-12-18-8-6-7-11-20(18)15-24/h3-11,17,21H,12-16H2,1-2H3,(H,23,25)/p+1/t21-/m1/s1. The molecule has 3 nitrogen and oxygen atoms in total. The van der Waals surface area contributed by atoms with Crippen molar-refractivity contribution in [2.45, 2.75) is 39.3 Å². The Labute approximate surface area is 151 Å². The van der Waals surface area contributed by atoms with E-state index in [1.54, 1.807) is 0 Å². The van der Waals surface area contributed by atoms with Crippen LogP contribution in [0.1, 0.15) is 43.0 Å². The highest BCUT2D eigenvalue weighted by molar-refractivity contribution is 5.77. The summed E-state index contributed by atoms with van der Waals surface area (Å²) in [4.78, 5) is 14.0. The minimum absolute atomic E-state index is 0.102. The molecule has 2 atom stereocenters. The van der Waals surface area contributed by atoms with Gasteiger partial charge in [-0.05, 0) is 23.5 Å². The second kappa shape index (κ2) is 8.30. The molecule has 1 heterocycles. The van der Waals surface area contributed by atoms with Crippen molar-refractivity contribution in [3.63, 3.8) is 0 Å². The molecular weight excluding hydrogens is 308 g/mol. The molecule has 1 aliphatic rings. The van der Waals surface area contributed by atoms with E-state index in [1.807, 2.05) is 18.2 Å². The van der Waals surface area contributed by atoms with Crippen molar-refractivity contribution in [2.75, 3.05) is 13.1 Å². The predicted octanol–water partition coefficient (Wildman–Crippen LogP) is 2.53. The largest absolute Gasteiger partial charge is 0.344 e. The minimum Gasteiger partial charge on any atom is -0.344 e. The third-order valence-corrected chi connectivity index (χ3v) is 4.96. The van der Waals surface area contributed by atoms with Crippen molar-refractivity contribution in [1.29, 1.82) is 0 Å². The second-order valence-corrected chi connectivity index (χ2v) is 7.53. The average Bonchev–Trinajstić information content (AvgIpc) is 2.61. The molecule has 1 aliphatic heterocycles. The van der Waals surface area contributed by atoms with Crippen molar-refractivity contribution in [3.05, 3.63) is 71.3 Å². The zero-order chi connectivity index (χ0) is 17.6. The fourth-order valence-electron chi connectivity index (χ4n) is 3.70. The summed E-state index contributed by atoms with van der Waals surface area (Å²) in [5.74, 6) is 0.698. The number of nitrogens with one attached hydrogen (secondary N) is 2. The summed E-state index contributed by atoms with van der Waals surface area (Å²) in [7, 11) is 0. The topological polar surface area (TPSA) is 33.5 Å². The fraction of sp³-hybridized carbons (Fsp3) is 0.409. The van der Waals surface area contributed by atoms with Crippen LogP contribution in [0.3, 0.4) is 0 Å². The van der Waals surface area contributed by atoms with Crippen molar-refractivity contribution < 1.29 is 9.69 Å². The van der Waals surface area contributed by atoms with E-state index in [0.29, 0.717) is 12.5 Å². The van der Waals surface area contributed by atoms with Crippen LogP contribution in [0.5, 0.6) is 0 Å². The number of quaternary nitrogens is 1. The maximum Gasteiger partial charge on any atom is 0.275 e. The summed E-state index contributed by atoms with van der Waals surface area (Å²) in [6.07, 6.45) is 2.03. The van der Waals surface area contributed by atoms with Crippen molar-refractivity contribution in [1.82, 2.24) is 5.32 Å². The molecule has 0 aliphatic carbocycles. The summed E-state index contributed by atoms with van der Waals surface area (Å²) in [5, 5.41) is 3.28. The Balaban J connectivity index is 1.60. The van der Waals surface area contributed by atoms with Crippen LogP contribution in [0.2, 0.25) is 0 Å². The third kappa shape index (κ3) is 4.93. The van der Waals surface area contributed by atoms with Crippen LogP contribution in [0, 0.1) is 5.92 Å². The molecule has 0 spiro atoms. The zero-order valence-electron chi connectivity index (χ0n) is 15.3. The molecule has 1 amide bonds. The van der Waals surface area contributed by atoms with Gasteiger partial charge in [-0.2, -0.15) is 0 Å². The van der Waals surface area contributed by atoms with Crippen LogP contribution >= 0.6 is 0 Å². The van der Waals surface area contributed by atoms with Gasteiger partial charge in [-0.1, -0.05) is 68.4 Å². The molecule has 0 saturated carbocycles. The maximum atomic E-state index is 12.7. The monoisotopic (exact) mass is 337 g/mol. The SMILES string of the molecule is CC(C)C[C@@H](NC(=O)C[NH+]1CCc2ccccc2C1)c1ccccc1. The summed E-state index contributed by atoms with van der Waals surface area (Å²) < 4.78 is 0. The first-order chi connectivity index (χ1) is 12.1. The van der Waals surface area contributed by atoms with E-state index in [2.05, 4.69) is 55.6 Å². The van der Waals surface area contributed by atoms with Crippen molar-refractivity contribution in [3.8, 4) is 0 Å². The Morgan fingerprint density at radius 1 is 1.04 bits per heavy atom. The molecule has 1 unspecified atom stereocenters. The van der Waals surface area contributed by atoms with Gasteiger partial charge in [0.15, 0.2) is 6.54 Å². The van der Waals surface area contributed by atoms with E-state index in [9.17, 15) is 4.79 Å². The van der Waals surface area contributed by atoms with Gasteiger partial charge >= 0.3 is 0 Å². The van der Waals surface area contributed by atoms with E-state index < -0.39 is 0 Å². The highest BCUT2D eigenvalue weighted by Gasteiger charge is 2.23. The number of hydrogen-bond donors (Lipinski definition) is 2. The summed E-state index contributed by atoms with van der Waals surface area (Å²) in [5.41, 5.74) is 4.02. The zero-order valence-corrected chi connectivity index (χ0v) is 15.3. The summed E-state index contributed by atoms with van der Waals surface area (Å²) in [6, 6.07) is 19.0. The maximum absolute atomic E-state index is 12.7. The minimum atomic E-state index is 0.102. The average molecular weight is 337 g/mol. The number of carbonyl (C=O) groups is 1. The number of rotatable bonds is 6. The fourth-order valence-corrected chi connectivity index (χ4v) is 3.70. The molecule has 0 bridgehead atoms. The highest BCUT2D eigenvalue weighted by atomic mass is 16.2. The van der Waals surface area contributed by atoms with Gasteiger partial charge in [-0.15, -0.1) is 0 Å². The third-order valence-electron chi connectivity index (χ3n) is 4.96. The van der Waals surface area contributed by atoms with Gasteiger partial charge < -0.3 is 10.2 Å². The van der Waals surface area contributed by atoms with Crippen LogP contribution in [0.25, 0.3) is 0 Å². The van der Waals surface area contributed by atoms with Crippen LogP contribution in [-0.4, -0.2) is 19.0 Å². The van der Waals surface area contributed by atoms with Crippen molar-refractivity contribution in [2.24, 2.45) is 5.92 Å². The van der Waals surface area contributed by atoms with E-state index >= 15 is 0 Å². The molecule has 3 heteroatoms. The number of hydrogen-bond acceptors (Lipinski definition) is 1. The molecule has 2 aromatic rings. The van der Waals surface area contributed by atoms with Gasteiger partial charge in [-0.3, -0.25) is 4.79 Å². The van der Waals surface area contributed by atoms with Gasteiger partial charge in [0, 0.05) is 12.0 Å². The molecular formula is C22H29N2O+. The van der Waals surface area contributed by atoms with Gasteiger partial charge in [0.25, 0.3) is 5.91 Å². The lowest BCUT2D eigenvalue weighted by Gasteiger charge is -2.27. The Kier molecular flexibility index (Phi) is 5.87. The van der Waals surface area contributed by atoms with Gasteiger partial charge in [0.05, 0.1) is 12.6 Å². The van der Waals surface area contributed by atoms with Gasteiger partial charge in [0.1, 0.15) is 6.54 Å².